The summed E-state index contributed by atoms with van der Waals surface area (Å²) in [5.74, 6) is -0.228. The number of hydrogen-bond donors (Lipinski definition) is 1. The molecule has 0 amide bonds. The predicted octanol–water partition coefficient (Wildman–Crippen LogP) is 2.89. The minimum Gasteiger partial charge on any atom is -0.324 e. The number of nitrogens with two attached hydrogens (primary N) is 1. The lowest BCUT2D eigenvalue weighted by molar-refractivity contribution is 0.622. The average molecular weight is 359 g/mol. The van der Waals surface area contributed by atoms with E-state index in [0.29, 0.717) is 6.42 Å². The molecule has 0 saturated carbocycles. The number of nitrogens with zero attached hydrogens (tertiary/aromatic N) is 2. The molecule has 2 rings (SSSR count). The first-order valence-corrected chi connectivity index (χ1v) is 6.90. The topological polar surface area (TPSA) is 43.8 Å². The highest BCUT2D eigenvalue weighted by atomic mass is 127. The van der Waals surface area contributed by atoms with Crippen molar-refractivity contribution in [1.82, 2.24) is 9.78 Å². The van der Waals surface area contributed by atoms with Gasteiger partial charge in [-0.05, 0) is 59.2 Å². The lowest BCUT2D eigenvalue weighted by Gasteiger charge is -2.12. The van der Waals surface area contributed by atoms with E-state index >= 15 is 0 Å². The van der Waals surface area contributed by atoms with Crippen molar-refractivity contribution in [3.05, 3.63) is 51.1 Å². The first-order chi connectivity index (χ1) is 8.60. The monoisotopic (exact) mass is 359 g/mol. The molecule has 0 spiro atoms. The Morgan fingerprint density at radius 2 is 2.28 bits per heavy atom. The van der Waals surface area contributed by atoms with Crippen molar-refractivity contribution in [3.8, 4) is 0 Å². The molecule has 0 aliphatic carbocycles. The molecule has 5 heteroatoms. The first kappa shape index (κ1) is 13.5. The van der Waals surface area contributed by atoms with Crippen LogP contribution in [0.3, 0.4) is 0 Å². The zero-order valence-corrected chi connectivity index (χ0v) is 12.3. The Morgan fingerprint density at radius 3 is 2.89 bits per heavy atom. The number of rotatable bonds is 4. The maximum Gasteiger partial charge on any atom is 0.124 e. The molecule has 0 aliphatic rings. The third kappa shape index (κ3) is 3.08. The van der Waals surface area contributed by atoms with Gasteiger partial charge in [0.15, 0.2) is 0 Å². The van der Waals surface area contributed by atoms with Crippen LogP contribution in [0.25, 0.3) is 0 Å². The van der Waals surface area contributed by atoms with E-state index in [1.54, 1.807) is 6.07 Å². The fraction of sp³-hybridized carbons (Fsp3) is 0.308. The second-order valence-corrected chi connectivity index (χ2v) is 5.34. The van der Waals surface area contributed by atoms with Crippen LogP contribution in [0, 0.1) is 9.39 Å². The molecule has 96 valence electrons. The molecule has 1 aromatic carbocycles. The van der Waals surface area contributed by atoms with Gasteiger partial charge >= 0.3 is 0 Å². The zero-order valence-electron chi connectivity index (χ0n) is 10.1. The van der Waals surface area contributed by atoms with Crippen molar-refractivity contribution < 1.29 is 4.39 Å². The molecule has 0 saturated heterocycles. The van der Waals surface area contributed by atoms with Crippen molar-refractivity contribution >= 4 is 22.6 Å². The maximum absolute atomic E-state index is 13.0. The second kappa shape index (κ2) is 5.79. The van der Waals surface area contributed by atoms with Gasteiger partial charge in [0.2, 0.25) is 0 Å². The van der Waals surface area contributed by atoms with Crippen LogP contribution in [0.1, 0.15) is 24.1 Å². The fourth-order valence-electron chi connectivity index (χ4n) is 1.85. The highest BCUT2D eigenvalue weighted by Gasteiger charge is 2.12. The molecule has 0 radical (unpaired) electrons. The normalized spacial score (nSPS) is 12.7. The third-order valence-corrected chi connectivity index (χ3v) is 3.76. The summed E-state index contributed by atoms with van der Waals surface area (Å²) in [7, 11) is 0. The predicted molar refractivity (Wildman–Crippen MR) is 77.7 cm³/mol. The number of aromatic nitrogens is 2. The Hall–Kier alpha value is -0.950. The van der Waals surface area contributed by atoms with Gasteiger partial charge in [0, 0.05) is 22.4 Å². The summed E-state index contributed by atoms with van der Waals surface area (Å²) >= 11 is 2.12. The molecule has 1 atom stereocenters. The summed E-state index contributed by atoms with van der Waals surface area (Å²) < 4.78 is 15.8. The summed E-state index contributed by atoms with van der Waals surface area (Å²) in [6, 6.07) is 4.58. The van der Waals surface area contributed by atoms with Crippen molar-refractivity contribution in [3.63, 3.8) is 0 Å². The van der Waals surface area contributed by atoms with Crippen molar-refractivity contribution in [1.29, 1.82) is 0 Å². The Morgan fingerprint density at radius 1 is 1.50 bits per heavy atom. The minimum atomic E-state index is -0.228. The van der Waals surface area contributed by atoms with E-state index in [4.69, 9.17) is 5.73 Å². The molecule has 2 aromatic rings. The lowest BCUT2D eigenvalue weighted by atomic mass is 10.0. The van der Waals surface area contributed by atoms with Gasteiger partial charge in [-0.2, -0.15) is 5.10 Å². The van der Waals surface area contributed by atoms with Crippen LogP contribution in [0.5, 0.6) is 0 Å². The molecule has 1 aromatic heterocycles. The first-order valence-electron chi connectivity index (χ1n) is 5.82. The van der Waals surface area contributed by atoms with E-state index in [1.165, 1.54) is 12.1 Å². The Balaban J connectivity index is 2.13. The molecular weight excluding hydrogens is 344 g/mol. The highest BCUT2D eigenvalue weighted by molar-refractivity contribution is 14.1. The largest absolute Gasteiger partial charge is 0.324 e. The van der Waals surface area contributed by atoms with Crippen LogP contribution in [0.15, 0.2) is 30.6 Å². The average Bonchev–Trinajstić information content (AvgIpc) is 2.76. The van der Waals surface area contributed by atoms with Gasteiger partial charge < -0.3 is 5.73 Å². The summed E-state index contributed by atoms with van der Waals surface area (Å²) in [5, 5.41) is 4.22. The maximum atomic E-state index is 13.0. The minimum absolute atomic E-state index is 0.132. The number of benzene rings is 1. The lowest BCUT2D eigenvalue weighted by Crippen LogP contribution is -2.14. The standard InChI is InChI=1S/C13H15FIN3/c1-2-18-8-9(7-17-18)5-13(16)11-4-3-10(14)6-12(11)15/h3-4,6-8,13H,2,5,16H2,1H3. The van der Waals surface area contributed by atoms with E-state index in [1.807, 2.05) is 24.0 Å². The van der Waals surface area contributed by atoms with Gasteiger partial charge in [-0.25, -0.2) is 4.39 Å². The van der Waals surface area contributed by atoms with Gasteiger partial charge in [-0.1, -0.05) is 6.07 Å². The van der Waals surface area contributed by atoms with Gasteiger partial charge in [0.05, 0.1) is 6.20 Å². The van der Waals surface area contributed by atoms with Crippen LogP contribution in [0.2, 0.25) is 0 Å². The Labute approximate surface area is 119 Å². The van der Waals surface area contributed by atoms with Crippen LogP contribution >= 0.6 is 22.6 Å². The summed E-state index contributed by atoms with van der Waals surface area (Å²) in [6.07, 6.45) is 4.54. The summed E-state index contributed by atoms with van der Waals surface area (Å²) in [6.45, 7) is 2.89. The van der Waals surface area contributed by atoms with Crippen molar-refractivity contribution in [2.45, 2.75) is 25.9 Å². The quantitative estimate of drug-likeness (QED) is 0.854. The van der Waals surface area contributed by atoms with Crippen LogP contribution in [0.4, 0.5) is 4.39 Å². The van der Waals surface area contributed by atoms with E-state index in [9.17, 15) is 4.39 Å². The van der Waals surface area contributed by atoms with E-state index in [2.05, 4.69) is 27.7 Å². The molecule has 3 nitrogen and oxygen atoms in total. The molecule has 1 heterocycles. The molecule has 2 N–H and O–H groups in total. The van der Waals surface area contributed by atoms with Crippen LogP contribution in [-0.4, -0.2) is 9.78 Å². The Kier molecular flexibility index (Phi) is 4.34. The van der Waals surface area contributed by atoms with Gasteiger partial charge in [-0.3, -0.25) is 4.68 Å². The van der Waals surface area contributed by atoms with Crippen LogP contribution < -0.4 is 5.73 Å². The van der Waals surface area contributed by atoms with E-state index in [-0.39, 0.29) is 11.9 Å². The SMILES string of the molecule is CCn1cc(CC(N)c2ccc(F)cc2I)cn1. The molecule has 1 unspecified atom stereocenters. The molecule has 18 heavy (non-hydrogen) atoms. The summed E-state index contributed by atoms with van der Waals surface area (Å²) in [4.78, 5) is 0. The van der Waals surface area contributed by atoms with E-state index < -0.39 is 0 Å². The fourth-order valence-corrected chi connectivity index (χ4v) is 2.73. The van der Waals surface area contributed by atoms with Crippen molar-refractivity contribution in [2.24, 2.45) is 5.73 Å². The third-order valence-electron chi connectivity index (χ3n) is 2.83. The summed E-state index contributed by atoms with van der Waals surface area (Å²) in [5.41, 5.74) is 8.24. The second-order valence-electron chi connectivity index (χ2n) is 4.18. The van der Waals surface area contributed by atoms with Crippen molar-refractivity contribution in [2.75, 3.05) is 0 Å². The number of aryl methyl sites for hydroxylation is 1. The smallest absolute Gasteiger partial charge is 0.124 e. The van der Waals surface area contributed by atoms with Gasteiger partial charge in [0.25, 0.3) is 0 Å². The molecule has 0 aliphatic heterocycles. The van der Waals surface area contributed by atoms with Crippen LogP contribution in [-0.2, 0) is 13.0 Å². The van der Waals surface area contributed by atoms with Gasteiger partial charge in [0.1, 0.15) is 5.82 Å². The van der Waals surface area contributed by atoms with E-state index in [0.717, 1.165) is 21.2 Å². The Bertz CT molecular complexity index is 539. The molecule has 0 fully saturated rings. The molecular formula is C13H15FIN3. The number of hydrogen-bond acceptors (Lipinski definition) is 2. The highest BCUT2D eigenvalue weighted by Crippen LogP contribution is 2.22. The zero-order chi connectivity index (χ0) is 13.1. The van der Waals surface area contributed by atoms with Gasteiger partial charge in [-0.15, -0.1) is 0 Å². The molecule has 0 bridgehead atoms. The number of halogens is 2.